The van der Waals surface area contributed by atoms with Gasteiger partial charge in [-0.1, -0.05) is 23.2 Å². The summed E-state index contributed by atoms with van der Waals surface area (Å²) >= 11 is 11.8. The summed E-state index contributed by atoms with van der Waals surface area (Å²) in [5.74, 6) is -0.860. The molecule has 0 saturated heterocycles. The number of rotatable bonds is 5. The van der Waals surface area contributed by atoms with Gasteiger partial charge in [0, 0.05) is 30.3 Å². The Bertz CT molecular complexity index is 1180. The van der Waals surface area contributed by atoms with Crippen molar-refractivity contribution < 1.29 is 27.6 Å². The van der Waals surface area contributed by atoms with Gasteiger partial charge in [-0.15, -0.1) is 0 Å². The Morgan fingerprint density at radius 2 is 1.90 bits per heavy atom. The van der Waals surface area contributed by atoms with E-state index in [1.54, 1.807) is 0 Å². The number of nitrogens with zero attached hydrogens (tertiary/aromatic N) is 3. The minimum Gasteiger partial charge on any atom is -0.455 e. The van der Waals surface area contributed by atoms with Crippen molar-refractivity contribution in [1.29, 1.82) is 0 Å². The lowest BCUT2D eigenvalue weighted by atomic mass is 10.2. The SMILES string of the molecule is Cn1nc(C(F)(F)F)cc1C(=O)Nc1cc(Oc2ccc(Cl)cc2Cl)cc([N+](=O)[O-])c1. The largest absolute Gasteiger partial charge is 0.455 e. The molecular weight excluding hydrogens is 464 g/mol. The summed E-state index contributed by atoms with van der Waals surface area (Å²) in [7, 11) is 1.16. The van der Waals surface area contributed by atoms with Crippen LogP contribution in [-0.4, -0.2) is 20.6 Å². The molecule has 1 heterocycles. The van der Waals surface area contributed by atoms with Crippen molar-refractivity contribution in [2.24, 2.45) is 7.05 Å². The molecule has 2 aromatic carbocycles. The van der Waals surface area contributed by atoms with Gasteiger partial charge in [0.15, 0.2) is 5.69 Å². The molecule has 1 aromatic heterocycles. The van der Waals surface area contributed by atoms with Crippen molar-refractivity contribution in [2.45, 2.75) is 6.18 Å². The van der Waals surface area contributed by atoms with Crippen LogP contribution in [0.15, 0.2) is 42.5 Å². The summed E-state index contributed by atoms with van der Waals surface area (Å²) in [6, 6.07) is 8.26. The van der Waals surface area contributed by atoms with Crippen LogP contribution in [0.2, 0.25) is 10.0 Å². The first-order valence-corrected chi connectivity index (χ1v) is 9.04. The van der Waals surface area contributed by atoms with Crippen LogP contribution < -0.4 is 10.1 Å². The monoisotopic (exact) mass is 474 g/mol. The van der Waals surface area contributed by atoms with E-state index in [-0.39, 0.29) is 22.2 Å². The standard InChI is InChI=1S/C18H11Cl2F3N4O4/c1-26-14(8-16(25-26)18(21,22)23)17(28)24-10-5-11(27(29)30)7-12(6-10)31-15-3-2-9(19)4-13(15)20/h2-8H,1H3,(H,24,28). The van der Waals surface area contributed by atoms with E-state index in [1.807, 2.05) is 0 Å². The number of anilines is 1. The van der Waals surface area contributed by atoms with E-state index >= 15 is 0 Å². The van der Waals surface area contributed by atoms with Gasteiger partial charge in [0.2, 0.25) is 0 Å². The molecule has 13 heteroatoms. The number of benzene rings is 2. The van der Waals surface area contributed by atoms with Crippen LogP contribution in [0, 0.1) is 10.1 Å². The Morgan fingerprint density at radius 1 is 1.19 bits per heavy atom. The predicted molar refractivity (Wildman–Crippen MR) is 106 cm³/mol. The number of ether oxygens (including phenoxy) is 1. The maximum absolute atomic E-state index is 12.8. The number of nitrogens with one attached hydrogen (secondary N) is 1. The lowest BCUT2D eigenvalue weighted by Gasteiger charge is -2.11. The first kappa shape index (κ1) is 22.4. The Hall–Kier alpha value is -3.31. The van der Waals surface area contributed by atoms with Crippen LogP contribution in [0.25, 0.3) is 0 Å². The number of aryl methyl sites for hydroxylation is 1. The van der Waals surface area contributed by atoms with Crippen LogP contribution >= 0.6 is 23.2 Å². The number of alkyl halides is 3. The van der Waals surface area contributed by atoms with E-state index in [1.165, 1.54) is 24.3 Å². The van der Waals surface area contributed by atoms with Crippen molar-refractivity contribution in [3.63, 3.8) is 0 Å². The van der Waals surface area contributed by atoms with E-state index in [4.69, 9.17) is 27.9 Å². The summed E-state index contributed by atoms with van der Waals surface area (Å²) in [4.78, 5) is 23.0. The zero-order valence-corrected chi connectivity index (χ0v) is 16.9. The molecular formula is C18H11Cl2F3N4O4. The molecule has 0 aliphatic carbocycles. The highest BCUT2D eigenvalue weighted by molar-refractivity contribution is 6.35. The van der Waals surface area contributed by atoms with Crippen LogP contribution in [0.5, 0.6) is 11.5 Å². The number of amides is 1. The second-order valence-electron chi connectivity index (χ2n) is 6.14. The molecule has 0 aliphatic heterocycles. The zero-order chi connectivity index (χ0) is 22.9. The number of carbonyl (C=O) groups excluding carboxylic acids is 1. The first-order valence-electron chi connectivity index (χ1n) is 8.29. The third-order valence-electron chi connectivity index (χ3n) is 3.88. The first-order chi connectivity index (χ1) is 14.4. The molecule has 0 radical (unpaired) electrons. The van der Waals surface area contributed by atoms with Gasteiger partial charge >= 0.3 is 6.18 Å². The van der Waals surface area contributed by atoms with Crippen molar-refractivity contribution in [3.05, 3.63) is 74.0 Å². The summed E-state index contributed by atoms with van der Waals surface area (Å²) < 4.78 is 44.7. The fourth-order valence-electron chi connectivity index (χ4n) is 2.52. The molecule has 1 amide bonds. The summed E-state index contributed by atoms with van der Waals surface area (Å²) in [6.07, 6.45) is -4.74. The second-order valence-corrected chi connectivity index (χ2v) is 6.98. The molecule has 8 nitrogen and oxygen atoms in total. The molecule has 31 heavy (non-hydrogen) atoms. The Morgan fingerprint density at radius 3 is 2.48 bits per heavy atom. The highest BCUT2D eigenvalue weighted by atomic mass is 35.5. The van der Waals surface area contributed by atoms with E-state index in [2.05, 4.69) is 10.4 Å². The summed E-state index contributed by atoms with van der Waals surface area (Å²) in [6.45, 7) is 0. The fraction of sp³-hybridized carbons (Fsp3) is 0.111. The number of nitro benzene ring substituents is 1. The van der Waals surface area contributed by atoms with Crippen LogP contribution in [0.3, 0.4) is 0 Å². The van der Waals surface area contributed by atoms with Gasteiger partial charge in [-0.3, -0.25) is 19.6 Å². The molecule has 0 fully saturated rings. The third-order valence-corrected chi connectivity index (χ3v) is 4.42. The minimum atomic E-state index is -4.74. The van der Waals surface area contributed by atoms with E-state index < -0.39 is 34.1 Å². The molecule has 0 saturated carbocycles. The van der Waals surface area contributed by atoms with E-state index in [0.717, 1.165) is 23.9 Å². The number of non-ortho nitro benzene ring substituents is 1. The smallest absolute Gasteiger partial charge is 0.435 e. The summed E-state index contributed by atoms with van der Waals surface area (Å²) in [5.41, 5.74) is -2.17. The van der Waals surface area contributed by atoms with Gasteiger partial charge in [0.1, 0.15) is 17.2 Å². The van der Waals surface area contributed by atoms with Gasteiger partial charge in [0.05, 0.1) is 21.7 Å². The predicted octanol–water partition coefficient (Wildman–Crippen LogP) is 5.70. The Balaban J connectivity index is 1.91. The van der Waals surface area contributed by atoms with Crippen LogP contribution in [0.4, 0.5) is 24.5 Å². The van der Waals surface area contributed by atoms with Gasteiger partial charge in [-0.25, -0.2) is 0 Å². The van der Waals surface area contributed by atoms with Gasteiger partial charge in [0.25, 0.3) is 11.6 Å². The Kier molecular flexibility index (Phi) is 6.09. The summed E-state index contributed by atoms with van der Waals surface area (Å²) in [5, 5.41) is 17.3. The molecule has 1 N–H and O–H groups in total. The van der Waals surface area contributed by atoms with Crippen molar-refractivity contribution in [2.75, 3.05) is 5.32 Å². The lowest BCUT2D eigenvalue weighted by molar-refractivity contribution is -0.384. The quantitative estimate of drug-likeness (QED) is 0.377. The average Bonchev–Trinajstić information content (AvgIpc) is 3.06. The number of aromatic nitrogens is 2. The highest BCUT2D eigenvalue weighted by Gasteiger charge is 2.35. The van der Waals surface area contributed by atoms with Gasteiger partial charge in [-0.05, 0) is 18.2 Å². The van der Waals surface area contributed by atoms with Crippen molar-refractivity contribution in [1.82, 2.24) is 9.78 Å². The maximum Gasteiger partial charge on any atom is 0.435 e. The second kappa shape index (κ2) is 8.44. The average molecular weight is 475 g/mol. The van der Waals surface area contributed by atoms with Crippen molar-refractivity contribution >= 4 is 40.5 Å². The molecule has 0 atom stereocenters. The maximum atomic E-state index is 12.8. The zero-order valence-electron chi connectivity index (χ0n) is 15.4. The number of nitro groups is 1. The van der Waals surface area contributed by atoms with Crippen LogP contribution in [0.1, 0.15) is 16.2 Å². The Labute approximate surface area is 182 Å². The minimum absolute atomic E-state index is 0.0466. The highest BCUT2D eigenvalue weighted by Crippen LogP contribution is 2.35. The molecule has 0 unspecified atom stereocenters. The topological polar surface area (TPSA) is 99.3 Å². The molecule has 0 spiro atoms. The number of hydrogen-bond acceptors (Lipinski definition) is 5. The molecule has 0 bridgehead atoms. The molecule has 162 valence electrons. The normalized spacial score (nSPS) is 11.3. The fourth-order valence-corrected chi connectivity index (χ4v) is 2.97. The van der Waals surface area contributed by atoms with E-state index in [0.29, 0.717) is 11.1 Å². The van der Waals surface area contributed by atoms with Crippen LogP contribution in [-0.2, 0) is 13.2 Å². The number of hydrogen-bond donors (Lipinski definition) is 1. The molecule has 3 aromatic rings. The lowest BCUT2D eigenvalue weighted by Crippen LogP contribution is -2.16. The van der Waals surface area contributed by atoms with Crippen molar-refractivity contribution in [3.8, 4) is 11.5 Å². The van der Waals surface area contributed by atoms with E-state index in [9.17, 15) is 28.1 Å². The number of carbonyl (C=O) groups is 1. The van der Waals surface area contributed by atoms with Gasteiger partial charge in [-0.2, -0.15) is 18.3 Å². The molecule has 0 aliphatic rings. The number of halogens is 5. The molecule has 3 rings (SSSR count). The third kappa shape index (κ3) is 5.25. The van der Waals surface area contributed by atoms with Gasteiger partial charge < -0.3 is 10.1 Å².